The van der Waals surface area contributed by atoms with Crippen LogP contribution >= 0.6 is 11.6 Å². The molecule has 3 rings (SSSR count). The first kappa shape index (κ1) is 23.9. The molecule has 1 N–H and O–H groups in total. The summed E-state index contributed by atoms with van der Waals surface area (Å²) in [6.07, 6.45) is 5.13. The summed E-state index contributed by atoms with van der Waals surface area (Å²) >= 11 is 6.22. The Morgan fingerprint density at radius 2 is 2.00 bits per heavy atom. The fraction of sp³-hybridized carbons (Fsp3) is 0.500. The van der Waals surface area contributed by atoms with Crippen molar-refractivity contribution < 1.29 is 9.53 Å². The highest BCUT2D eigenvalue weighted by Crippen LogP contribution is 2.37. The van der Waals surface area contributed by atoms with E-state index in [0.29, 0.717) is 18.2 Å². The van der Waals surface area contributed by atoms with Crippen molar-refractivity contribution in [3.05, 3.63) is 53.2 Å². The molecular formula is C24H34ClN3O2Si. The van der Waals surface area contributed by atoms with Crippen LogP contribution in [0.4, 0.5) is 0 Å². The number of aliphatic hydroxyl groups excluding tert-OH is 1. The second-order valence-electron chi connectivity index (χ2n) is 9.76. The Balaban J connectivity index is 1.91. The van der Waals surface area contributed by atoms with Gasteiger partial charge in [-0.3, -0.25) is 4.40 Å². The third kappa shape index (κ3) is 5.37. The summed E-state index contributed by atoms with van der Waals surface area (Å²) in [6.45, 7) is 14.4. The maximum atomic E-state index is 9.30. The van der Waals surface area contributed by atoms with E-state index in [9.17, 15) is 5.11 Å². The summed E-state index contributed by atoms with van der Waals surface area (Å²) < 4.78 is 8.45. The molecule has 7 heteroatoms. The number of hydrogen-bond acceptors (Lipinski definition) is 4. The lowest BCUT2D eigenvalue weighted by molar-refractivity contribution is 0.272. The predicted molar refractivity (Wildman–Crippen MR) is 130 cm³/mol. The molecule has 0 fully saturated rings. The molecule has 168 valence electrons. The average Bonchev–Trinajstić information content (AvgIpc) is 3.06. The van der Waals surface area contributed by atoms with Crippen LogP contribution in [0.3, 0.4) is 0 Å². The lowest BCUT2D eigenvalue weighted by Crippen LogP contribution is -2.41. The SMILES string of the molecule is C[C@@H](CCO[Si](C)(C)C(C)(C)C)c1nc(-c2cccc(CCO)c2)c2cnc(Cl)cn12. The number of aromatic nitrogens is 3. The summed E-state index contributed by atoms with van der Waals surface area (Å²) in [4.78, 5) is 9.32. The van der Waals surface area contributed by atoms with Gasteiger partial charge < -0.3 is 9.53 Å². The van der Waals surface area contributed by atoms with Crippen LogP contribution in [0.2, 0.25) is 23.3 Å². The first-order valence-corrected chi connectivity index (χ1v) is 14.2. The Bertz CT molecular complexity index is 1040. The molecule has 0 aliphatic heterocycles. The highest BCUT2D eigenvalue weighted by Gasteiger charge is 2.37. The molecule has 0 saturated heterocycles. The molecule has 0 amide bonds. The molecule has 0 unspecified atom stereocenters. The van der Waals surface area contributed by atoms with Gasteiger partial charge in [-0.05, 0) is 42.6 Å². The van der Waals surface area contributed by atoms with Gasteiger partial charge in [0.15, 0.2) is 8.32 Å². The Morgan fingerprint density at radius 1 is 1.26 bits per heavy atom. The summed E-state index contributed by atoms with van der Waals surface area (Å²) in [5.41, 5.74) is 3.91. The van der Waals surface area contributed by atoms with E-state index < -0.39 is 8.32 Å². The minimum Gasteiger partial charge on any atom is -0.417 e. The van der Waals surface area contributed by atoms with Crippen LogP contribution in [-0.4, -0.2) is 41.0 Å². The first-order chi connectivity index (χ1) is 14.5. The molecule has 2 heterocycles. The third-order valence-corrected chi connectivity index (χ3v) is 11.1. The minimum absolute atomic E-state index is 0.126. The maximum absolute atomic E-state index is 9.30. The normalized spacial score (nSPS) is 13.7. The quantitative estimate of drug-likeness (QED) is 0.413. The van der Waals surface area contributed by atoms with E-state index in [0.717, 1.165) is 34.6 Å². The summed E-state index contributed by atoms with van der Waals surface area (Å²) in [7, 11) is -1.78. The van der Waals surface area contributed by atoms with Crippen LogP contribution in [0, 0.1) is 0 Å². The van der Waals surface area contributed by atoms with Crippen LogP contribution in [0.5, 0.6) is 0 Å². The first-order valence-electron chi connectivity index (χ1n) is 10.9. The number of fused-ring (bicyclic) bond motifs is 1. The molecule has 0 aliphatic carbocycles. The van der Waals surface area contributed by atoms with Crippen molar-refractivity contribution in [1.29, 1.82) is 0 Å². The van der Waals surface area contributed by atoms with Gasteiger partial charge in [0, 0.05) is 30.9 Å². The molecule has 1 atom stereocenters. The second-order valence-corrected chi connectivity index (χ2v) is 15.0. The van der Waals surface area contributed by atoms with Crippen molar-refractivity contribution in [3.63, 3.8) is 0 Å². The molecule has 5 nitrogen and oxygen atoms in total. The molecule has 0 aliphatic rings. The smallest absolute Gasteiger partial charge is 0.191 e. The summed E-state index contributed by atoms with van der Waals surface area (Å²) in [6, 6.07) is 8.16. The number of imidazole rings is 1. The molecule has 0 radical (unpaired) electrons. The summed E-state index contributed by atoms with van der Waals surface area (Å²) in [5.74, 6) is 1.16. The van der Waals surface area contributed by atoms with Gasteiger partial charge in [-0.15, -0.1) is 0 Å². The van der Waals surface area contributed by atoms with E-state index in [-0.39, 0.29) is 17.6 Å². The van der Waals surface area contributed by atoms with Gasteiger partial charge in [0.25, 0.3) is 0 Å². The van der Waals surface area contributed by atoms with Crippen molar-refractivity contribution in [1.82, 2.24) is 14.4 Å². The zero-order valence-electron chi connectivity index (χ0n) is 19.4. The van der Waals surface area contributed by atoms with Gasteiger partial charge in [0.05, 0.1) is 17.4 Å². The lowest BCUT2D eigenvalue weighted by atomic mass is 10.1. The van der Waals surface area contributed by atoms with Gasteiger partial charge >= 0.3 is 0 Å². The van der Waals surface area contributed by atoms with Crippen molar-refractivity contribution in [2.45, 2.75) is 64.6 Å². The van der Waals surface area contributed by atoms with Crippen molar-refractivity contribution in [2.24, 2.45) is 0 Å². The molecule has 1 aromatic carbocycles. The monoisotopic (exact) mass is 459 g/mol. The fourth-order valence-electron chi connectivity index (χ4n) is 3.38. The lowest BCUT2D eigenvalue weighted by Gasteiger charge is -2.36. The largest absolute Gasteiger partial charge is 0.417 e. The molecule has 2 aromatic heterocycles. The molecule has 3 aromatic rings. The van der Waals surface area contributed by atoms with Crippen LogP contribution in [0.1, 0.15) is 51.4 Å². The van der Waals surface area contributed by atoms with E-state index >= 15 is 0 Å². The number of aliphatic hydroxyl groups is 1. The molecule has 0 saturated carbocycles. The number of rotatable bonds is 8. The van der Waals surface area contributed by atoms with Crippen molar-refractivity contribution >= 4 is 25.4 Å². The van der Waals surface area contributed by atoms with Crippen molar-refractivity contribution in [3.8, 4) is 11.3 Å². The van der Waals surface area contributed by atoms with E-state index in [4.69, 9.17) is 21.0 Å². The second kappa shape index (κ2) is 9.41. The van der Waals surface area contributed by atoms with Crippen LogP contribution in [0.15, 0.2) is 36.7 Å². The predicted octanol–water partition coefficient (Wildman–Crippen LogP) is 6.10. The topological polar surface area (TPSA) is 59.7 Å². The molecule has 0 spiro atoms. The molecule has 0 bridgehead atoms. The Labute approximate surface area is 191 Å². The van der Waals surface area contributed by atoms with Gasteiger partial charge in [0.2, 0.25) is 0 Å². The van der Waals surface area contributed by atoms with E-state index in [1.807, 2.05) is 24.4 Å². The van der Waals surface area contributed by atoms with Gasteiger partial charge in [0.1, 0.15) is 11.0 Å². The van der Waals surface area contributed by atoms with Gasteiger partial charge in [-0.25, -0.2) is 9.97 Å². The molecular weight excluding hydrogens is 426 g/mol. The zero-order valence-corrected chi connectivity index (χ0v) is 21.2. The number of hydrogen-bond donors (Lipinski definition) is 1. The van der Waals surface area contributed by atoms with Crippen molar-refractivity contribution in [2.75, 3.05) is 13.2 Å². The van der Waals surface area contributed by atoms with E-state index in [1.165, 1.54) is 0 Å². The standard InChI is InChI=1S/C24H34ClN3O2Si/c1-17(11-13-30-31(5,6)24(2,3)4)23-27-22(20-15-26-21(25)16-28(20)23)19-9-7-8-18(14-19)10-12-29/h7-9,14-17,29H,10-13H2,1-6H3/t17-/m0/s1. The molecule has 31 heavy (non-hydrogen) atoms. The van der Waals surface area contributed by atoms with E-state index in [1.54, 1.807) is 6.20 Å². The van der Waals surface area contributed by atoms with E-state index in [2.05, 4.69) is 56.2 Å². The number of halogens is 1. The average molecular weight is 460 g/mol. The van der Waals surface area contributed by atoms with Gasteiger partial charge in [-0.2, -0.15) is 0 Å². The highest BCUT2D eigenvalue weighted by molar-refractivity contribution is 6.74. The maximum Gasteiger partial charge on any atom is 0.191 e. The van der Waals surface area contributed by atoms with Crippen LogP contribution < -0.4 is 0 Å². The minimum atomic E-state index is -1.78. The van der Waals surface area contributed by atoms with Gasteiger partial charge in [-0.1, -0.05) is 57.5 Å². The fourth-order valence-corrected chi connectivity index (χ4v) is 4.59. The zero-order chi connectivity index (χ0) is 22.8. The third-order valence-electron chi connectivity index (χ3n) is 6.38. The Hall–Kier alpha value is -1.73. The number of benzene rings is 1. The highest BCUT2D eigenvalue weighted by atomic mass is 35.5. The van der Waals surface area contributed by atoms with Crippen LogP contribution in [0.25, 0.3) is 16.8 Å². The Kier molecular flexibility index (Phi) is 7.26. The van der Waals surface area contributed by atoms with Crippen LogP contribution in [-0.2, 0) is 10.8 Å². The Morgan fingerprint density at radius 3 is 2.68 bits per heavy atom. The number of nitrogens with zero attached hydrogens (tertiary/aromatic N) is 3. The summed E-state index contributed by atoms with van der Waals surface area (Å²) in [5, 5.41) is 9.93.